The first-order valence-electron chi connectivity index (χ1n) is 6.10. The van der Waals surface area contributed by atoms with E-state index in [4.69, 9.17) is 10.8 Å². The first-order valence-corrected chi connectivity index (χ1v) is 6.10. The predicted octanol–water partition coefficient (Wildman–Crippen LogP) is 0.523. The maximum absolute atomic E-state index is 10.9. The molecule has 5 heteroatoms. The largest absolute Gasteiger partial charge is 0.480 e. The number of anilines is 1. The van der Waals surface area contributed by atoms with Crippen molar-refractivity contribution in [3.8, 4) is 0 Å². The molecule has 18 heavy (non-hydrogen) atoms. The zero-order chi connectivity index (χ0) is 13.1. The Balaban J connectivity index is 2.14. The average Bonchev–Trinajstić information content (AvgIpc) is 2.38. The molecule has 1 saturated heterocycles. The number of carbonyl (C=O) groups is 1. The Bertz CT molecular complexity index is 428. The van der Waals surface area contributed by atoms with Gasteiger partial charge in [-0.05, 0) is 24.7 Å². The van der Waals surface area contributed by atoms with Crippen LogP contribution in [0.15, 0.2) is 24.3 Å². The summed E-state index contributed by atoms with van der Waals surface area (Å²) in [6.45, 7) is 3.97. The van der Waals surface area contributed by atoms with Crippen LogP contribution in [0.2, 0.25) is 0 Å². The number of rotatable bonds is 3. The van der Waals surface area contributed by atoms with Crippen molar-refractivity contribution in [3.05, 3.63) is 29.8 Å². The van der Waals surface area contributed by atoms with E-state index in [-0.39, 0.29) is 0 Å². The zero-order valence-electron chi connectivity index (χ0n) is 10.5. The van der Waals surface area contributed by atoms with Gasteiger partial charge >= 0.3 is 5.97 Å². The van der Waals surface area contributed by atoms with Crippen molar-refractivity contribution in [1.29, 1.82) is 0 Å². The van der Waals surface area contributed by atoms with Crippen molar-refractivity contribution in [2.75, 3.05) is 38.1 Å². The van der Waals surface area contributed by atoms with Gasteiger partial charge in [-0.3, -0.25) is 4.79 Å². The zero-order valence-corrected chi connectivity index (χ0v) is 10.5. The third-order valence-corrected chi connectivity index (χ3v) is 3.36. The Morgan fingerprint density at radius 3 is 2.61 bits per heavy atom. The number of hydrogen-bond donors (Lipinski definition) is 2. The topological polar surface area (TPSA) is 69.8 Å². The third kappa shape index (κ3) is 2.80. The quantitative estimate of drug-likeness (QED) is 0.817. The van der Waals surface area contributed by atoms with E-state index in [9.17, 15) is 4.79 Å². The molecule has 1 aliphatic heterocycles. The van der Waals surface area contributed by atoms with Crippen LogP contribution in [0.25, 0.3) is 0 Å². The van der Waals surface area contributed by atoms with E-state index in [0.717, 1.165) is 31.9 Å². The molecule has 1 unspecified atom stereocenters. The van der Waals surface area contributed by atoms with Crippen LogP contribution in [0, 0.1) is 0 Å². The molecule has 1 atom stereocenters. The highest BCUT2D eigenvalue weighted by molar-refractivity contribution is 5.75. The number of hydrogen-bond acceptors (Lipinski definition) is 4. The Morgan fingerprint density at radius 1 is 1.33 bits per heavy atom. The normalized spacial score (nSPS) is 18.7. The Hall–Kier alpha value is -1.59. The highest BCUT2D eigenvalue weighted by atomic mass is 16.4. The fourth-order valence-electron chi connectivity index (χ4n) is 2.12. The molecule has 5 nitrogen and oxygen atoms in total. The van der Waals surface area contributed by atoms with E-state index in [2.05, 4.69) is 16.8 Å². The second kappa shape index (κ2) is 5.37. The van der Waals surface area contributed by atoms with Crippen LogP contribution in [0.1, 0.15) is 11.6 Å². The van der Waals surface area contributed by atoms with Crippen LogP contribution in [0.3, 0.4) is 0 Å². The molecule has 0 aliphatic carbocycles. The Kier molecular flexibility index (Phi) is 3.84. The highest BCUT2D eigenvalue weighted by Crippen LogP contribution is 2.21. The minimum absolute atomic E-state index is 0.652. The average molecular weight is 249 g/mol. The van der Waals surface area contributed by atoms with Gasteiger partial charge in [0.25, 0.3) is 0 Å². The van der Waals surface area contributed by atoms with Gasteiger partial charge < -0.3 is 20.6 Å². The monoisotopic (exact) mass is 249 g/mol. The van der Waals surface area contributed by atoms with Gasteiger partial charge in [0.15, 0.2) is 0 Å². The standard InChI is InChI=1S/C13H19N3O2/c1-15-5-7-16(8-6-15)11-4-2-3-10(9-11)12(14)13(17)18/h2-4,9,12H,5-8,14H2,1H3,(H,17,18). The van der Waals surface area contributed by atoms with Crippen molar-refractivity contribution >= 4 is 11.7 Å². The number of nitrogens with two attached hydrogens (primary N) is 1. The minimum Gasteiger partial charge on any atom is -0.480 e. The number of carboxylic acid groups (broad SMARTS) is 1. The van der Waals surface area contributed by atoms with Gasteiger partial charge in [0.05, 0.1) is 0 Å². The summed E-state index contributed by atoms with van der Waals surface area (Å²) >= 11 is 0. The number of piperazine rings is 1. The lowest BCUT2D eigenvalue weighted by Gasteiger charge is -2.34. The summed E-state index contributed by atoms with van der Waals surface area (Å²) in [7, 11) is 2.11. The molecule has 0 radical (unpaired) electrons. The second-order valence-electron chi connectivity index (χ2n) is 4.70. The molecule has 1 fully saturated rings. The fourth-order valence-corrected chi connectivity index (χ4v) is 2.12. The Morgan fingerprint density at radius 2 is 2.00 bits per heavy atom. The minimum atomic E-state index is -0.995. The number of benzene rings is 1. The summed E-state index contributed by atoms with van der Waals surface area (Å²) in [4.78, 5) is 15.4. The molecule has 3 N–H and O–H groups in total. The number of aliphatic carboxylic acids is 1. The van der Waals surface area contributed by atoms with Gasteiger partial charge in [0.1, 0.15) is 6.04 Å². The summed E-state index contributed by atoms with van der Waals surface area (Å²) in [6.07, 6.45) is 0. The van der Waals surface area contributed by atoms with E-state index in [1.54, 1.807) is 6.07 Å². The number of carboxylic acids is 1. The maximum Gasteiger partial charge on any atom is 0.325 e. The second-order valence-corrected chi connectivity index (χ2v) is 4.70. The SMILES string of the molecule is CN1CCN(c2cccc(C(N)C(=O)O)c2)CC1. The molecule has 1 heterocycles. The van der Waals surface area contributed by atoms with Crippen LogP contribution in [-0.2, 0) is 4.79 Å². The third-order valence-electron chi connectivity index (χ3n) is 3.36. The van der Waals surface area contributed by atoms with E-state index >= 15 is 0 Å². The summed E-state index contributed by atoms with van der Waals surface area (Å²) in [5.74, 6) is -0.995. The van der Waals surface area contributed by atoms with Gasteiger partial charge in [-0.2, -0.15) is 0 Å². The van der Waals surface area contributed by atoms with Gasteiger partial charge in [0.2, 0.25) is 0 Å². The Labute approximate surface area is 107 Å². The predicted molar refractivity (Wildman–Crippen MR) is 70.7 cm³/mol. The first-order chi connectivity index (χ1) is 8.58. The van der Waals surface area contributed by atoms with Crippen molar-refractivity contribution in [2.45, 2.75) is 6.04 Å². The molecule has 0 aromatic heterocycles. The van der Waals surface area contributed by atoms with Crippen LogP contribution >= 0.6 is 0 Å². The molecular weight excluding hydrogens is 230 g/mol. The summed E-state index contributed by atoms with van der Waals surface area (Å²) in [5.41, 5.74) is 7.34. The van der Waals surface area contributed by atoms with Crippen LogP contribution in [0.4, 0.5) is 5.69 Å². The highest BCUT2D eigenvalue weighted by Gasteiger charge is 2.17. The summed E-state index contributed by atoms with van der Waals surface area (Å²) in [5, 5.41) is 8.93. The maximum atomic E-state index is 10.9. The van der Waals surface area contributed by atoms with Crippen molar-refractivity contribution in [3.63, 3.8) is 0 Å². The lowest BCUT2D eigenvalue weighted by molar-refractivity contribution is -0.138. The van der Waals surface area contributed by atoms with Crippen molar-refractivity contribution in [1.82, 2.24) is 4.90 Å². The van der Waals surface area contributed by atoms with Gasteiger partial charge in [-0.25, -0.2) is 0 Å². The molecule has 2 rings (SSSR count). The first kappa shape index (κ1) is 12.9. The van der Waals surface area contributed by atoms with Crippen molar-refractivity contribution < 1.29 is 9.90 Å². The molecule has 1 aromatic carbocycles. The smallest absolute Gasteiger partial charge is 0.325 e. The number of likely N-dealkylation sites (N-methyl/N-ethyl adjacent to an activating group) is 1. The molecular formula is C13H19N3O2. The molecule has 98 valence electrons. The van der Waals surface area contributed by atoms with Gasteiger partial charge in [-0.1, -0.05) is 12.1 Å². The van der Waals surface area contributed by atoms with E-state index in [1.165, 1.54) is 0 Å². The van der Waals surface area contributed by atoms with E-state index < -0.39 is 12.0 Å². The lowest BCUT2D eigenvalue weighted by Crippen LogP contribution is -2.44. The summed E-state index contributed by atoms with van der Waals surface area (Å²) < 4.78 is 0. The van der Waals surface area contributed by atoms with Crippen LogP contribution in [0.5, 0.6) is 0 Å². The number of nitrogens with zero attached hydrogens (tertiary/aromatic N) is 2. The van der Waals surface area contributed by atoms with Crippen LogP contribution in [-0.4, -0.2) is 49.2 Å². The van der Waals surface area contributed by atoms with Gasteiger partial charge in [-0.15, -0.1) is 0 Å². The summed E-state index contributed by atoms with van der Waals surface area (Å²) in [6, 6.07) is 6.56. The molecule has 0 spiro atoms. The fraction of sp³-hybridized carbons (Fsp3) is 0.462. The molecule has 0 amide bonds. The molecule has 1 aliphatic rings. The van der Waals surface area contributed by atoms with Crippen molar-refractivity contribution in [2.24, 2.45) is 5.73 Å². The van der Waals surface area contributed by atoms with Gasteiger partial charge in [0, 0.05) is 31.9 Å². The van der Waals surface area contributed by atoms with E-state index in [1.807, 2.05) is 18.2 Å². The molecule has 0 bridgehead atoms. The molecule has 0 saturated carbocycles. The molecule has 1 aromatic rings. The van der Waals surface area contributed by atoms with Crippen LogP contribution < -0.4 is 10.6 Å². The lowest BCUT2D eigenvalue weighted by atomic mass is 10.1. The van der Waals surface area contributed by atoms with E-state index in [0.29, 0.717) is 5.56 Å².